The van der Waals surface area contributed by atoms with E-state index in [4.69, 9.17) is 0 Å². The van der Waals surface area contributed by atoms with Crippen molar-refractivity contribution >= 4 is 15.9 Å². The third-order valence-electron chi connectivity index (χ3n) is 5.51. The van der Waals surface area contributed by atoms with Gasteiger partial charge in [-0.3, -0.25) is 9.69 Å². The summed E-state index contributed by atoms with van der Waals surface area (Å²) in [5.41, 5.74) is 1.22. The van der Waals surface area contributed by atoms with Crippen LogP contribution in [0.15, 0.2) is 30.3 Å². The Morgan fingerprint density at radius 2 is 1.77 bits per heavy atom. The lowest BCUT2D eigenvalue weighted by Crippen LogP contribution is -2.53. The van der Waals surface area contributed by atoms with E-state index in [9.17, 15) is 13.2 Å². The summed E-state index contributed by atoms with van der Waals surface area (Å²) in [5, 5.41) is 0. The lowest BCUT2D eigenvalue weighted by Gasteiger charge is -2.36. The van der Waals surface area contributed by atoms with Crippen LogP contribution < -0.4 is 0 Å². The van der Waals surface area contributed by atoms with Gasteiger partial charge < -0.3 is 4.90 Å². The van der Waals surface area contributed by atoms with Crippen molar-refractivity contribution in [1.82, 2.24) is 14.1 Å². The molecule has 26 heavy (non-hydrogen) atoms. The van der Waals surface area contributed by atoms with E-state index in [1.54, 1.807) is 4.90 Å². The monoisotopic (exact) mass is 379 g/mol. The fraction of sp³-hybridized carbons (Fsp3) is 0.632. The van der Waals surface area contributed by atoms with Crippen molar-refractivity contribution in [2.45, 2.75) is 32.4 Å². The largest absolute Gasteiger partial charge is 0.339 e. The molecule has 1 heterocycles. The van der Waals surface area contributed by atoms with E-state index in [0.29, 0.717) is 44.7 Å². The maximum absolute atomic E-state index is 12.8. The lowest BCUT2D eigenvalue weighted by molar-refractivity contribution is -0.134. The van der Waals surface area contributed by atoms with Gasteiger partial charge in [0.15, 0.2) is 0 Å². The first kappa shape index (κ1) is 19.3. The summed E-state index contributed by atoms with van der Waals surface area (Å²) >= 11 is 0. The topological polar surface area (TPSA) is 60.9 Å². The van der Waals surface area contributed by atoms with Crippen molar-refractivity contribution in [3.8, 4) is 0 Å². The van der Waals surface area contributed by atoms with Crippen molar-refractivity contribution in [1.29, 1.82) is 0 Å². The number of hydrogen-bond donors (Lipinski definition) is 0. The predicted molar refractivity (Wildman–Crippen MR) is 102 cm³/mol. The zero-order chi connectivity index (χ0) is 18.7. The van der Waals surface area contributed by atoms with Gasteiger partial charge in [0.25, 0.3) is 0 Å². The highest BCUT2D eigenvalue weighted by Gasteiger charge is 2.34. The molecule has 1 saturated heterocycles. The minimum atomic E-state index is -3.17. The Kier molecular flexibility index (Phi) is 5.99. The first-order chi connectivity index (χ1) is 12.3. The van der Waals surface area contributed by atoms with Gasteiger partial charge in [0, 0.05) is 38.8 Å². The van der Waals surface area contributed by atoms with Crippen LogP contribution in [-0.4, -0.2) is 73.5 Å². The number of sulfonamides is 1. The number of benzene rings is 1. The summed E-state index contributed by atoms with van der Waals surface area (Å²) in [7, 11) is -3.17. The van der Waals surface area contributed by atoms with E-state index in [1.165, 1.54) is 29.0 Å². The van der Waals surface area contributed by atoms with Crippen LogP contribution in [-0.2, 0) is 21.4 Å². The van der Waals surface area contributed by atoms with Gasteiger partial charge in [0.2, 0.25) is 15.9 Å². The van der Waals surface area contributed by atoms with Gasteiger partial charge in [0.05, 0.1) is 12.8 Å². The summed E-state index contributed by atoms with van der Waals surface area (Å²) < 4.78 is 24.7. The molecule has 2 aliphatic rings. The predicted octanol–water partition coefficient (Wildman–Crippen LogP) is 1.39. The Balaban J connectivity index is 1.60. The molecule has 1 aliphatic heterocycles. The van der Waals surface area contributed by atoms with Crippen LogP contribution in [0.5, 0.6) is 0 Å². The van der Waals surface area contributed by atoms with Gasteiger partial charge >= 0.3 is 0 Å². The van der Waals surface area contributed by atoms with Crippen LogP contribution >= 0.6 is 0 Å². The lowest BCUT2D eigenvalue weighted by atomic mass is 10.1. The minimum Gasteiger partial charge on any atom is -0.339 e. The van der Waals surface area contributed by atoms with E-state index >= 15 is 0 Å². The van der Waals surface area contributed by atoms with Crippen molar-refractivity contribution in [2.24, 2.45) is 5.92 Å². The van der Waals surface area contributed by atoms with Crippen LogP contribution in [0, 0.1) is 5.92 Å². The second kappa shape index (κ2) is 8.06. The Morgan fingerprint density at radius 3 is 2.31 bits per heavy atom. The molecule has 3 rings (SSSR count). The molecule has 0 aromatic heterocycles. The summed E-state index contributed by atoms with van der Waals surface area (Å²) in [6.45, 7) is 5.11. The van der Waals surface area contributed by atoms with Crippen molar-refractivity contribution in [3.63, 3.8) is 0 Å². The molecule has 1 amide bonds. The second-order valence-corrected chi connectivity index (χ2v) is 9.49. The molecule has 1 aromatic rings. The molecule has 0 N–H and O–H groups in total. The number of carbonyl (C=O) groups excluding carboxylic acids is 1. The summed E-state index contributed by atoms with van der Waals surface area (Å²) in [6, 6.07) is 10.6. The molecule has 1 atom stereocenters. The van der Waals surface area contributed by atoms with E-state index < -0.39 is 10.0 Å². The number of carbonyl (C=O) groups is 1. The normalized spacial score (nSPS) is 20.3. The molecule has 1 aromatic carbocycles. The Labute approximate surface area is 156 Å². The number of amides is 1. The third kappa shape index (κ3) is 5.05. The van der Waals surface area contributed by atoms with Gasteiger partial charge in [-0.25, -0.2) is 8.42 Å². The summed E-state index contributed by atoms with van der Waals surface area (Å²) in [4.78, 5) is 16.9. The first-order valence-corrected chi connectivity index (χ1v) is 11.2. The molecule has 144 valence electrons. The highest BCUT2D eigenvalue weighted by atomic mass is 32.2. The van der Waals surface area contributed by atoms with Crippen LogP contribution in [0.2, 0.25) is 0 Å². The molecule has 0 radical (unpaired) electrons. The van der Waals surface area contributed by atoms with Crippen LogP contribution in [0.1, 0.15) is 25.3 Å². The zero-order valence-corrected chi connectivity index (χ0v) is 16.5. The number of hydrogen-bond acceptors (Lipinski definition) is 4. The minimum absolute atomic E-state index is 0.0987. The summed E-state index contributed by atoms with van der Waals surface area (Å²) in [6.07, 6.45) is 3.71. The Morgan fingerprint density at radius 1 is 1.15 bits per heavy atom. The fourth-order valence-corrected chi connectivity index (χ4v) is 4.41. The standard InChI is InChI=1S/C19H29N3O3S/c1-16(18-8-9-18)21(14-17-6-4-3-5-7-17)15-19(23)20-10-12-22(13-11-20)26(2,24)25/h3-7,16,18H,8-15H2,1-2H3/t16-/m1/s1. The molecule has 1 aliphatic carbocycles. The Bertz CT molecular complexity index is 711. The molecular formula is C19H29N3O3S. The van der Waals surface area contributed by atoms with E-state index in [1.807, 2.05) is 18.2 Å². The van der Waals surface area contributed by atoms with Gasteiger partial charge in [-0.1, -0.05) is 30.3 Å². The smallest absolute Gasteiger partial charge is 0.236 e. The van der Waals surface area contributed by atoms with Crippen molar-refractivity contribution < 1.29 is 13.2 Å². The van der Waals surface area contributed by atoms with Gasteiger partial charge in [-0.05, 0) is 31.2 Å². The quantitative estimate of drug-likeness (QED) is 0.718. The van der Waals surface area contributed by atoms with E-state index in [0.717, 1.165) is 6.54 Å². The average Bonchev–Trinajstić information content (AvgIpc) is 3.46. The van der Waals surface area contributed by atoms with Crippen LogP contribution in [0.25, 0.3) is 0 Å². The molecule has 2 fully saturated rings. The maximum atomic E-state index is 12.8. The molecule has 0 bridgehead atoms. The third-order valence-corrected chi connectivity index (χ3v) is 6.81. The second-order valence-electron chi connectivity index (χ2n) is 7.51. The number of nitrogens with zero attached hydrogens (tertiary/aromatic N) is 3. The SMILES string of the molecule is C[C@H](C1CC1)N(CC(=O)N1CCN(S(C)(=O)=O)CC1)Cc1ccccc1. The van der Waals surface area contributed by atoms with Crippen LogP contribution in [0.4, 0.5) is 0 Å². The average molecular weight is 380 g/mol. The van der Waals surface area contributed by atoms with Gasteiger partial charge in [-0.2, -0.15) is 4.31 Å². The molecule has 0 spiro atoms. The van der Waals surface area contributed by atoms with Gasteiger partial charge in [0.1, 0.15) is 0 Å². The molecule has 6 nitrogen and oxygen atoms in total. The fourth-order valence-electron chi connectivity index (χ4n) is 3.58. The zero-order valence-electron chi connectivity index (χ0n) is 15.7. The molecular weight excluding hydrogens is 350 g/mol. The first-order valence-electron chi connectivity index (χ1n) is 9.35. The van der Waals surface area contributed by atoms with E-state index in [2.05, 4.69) is 24.0 Å². The molecule has 1 saturated carbocycles. The number of piperazine rings is 1. The maximum Gasteiger partial charge on any atom is 0.236 e. The van der Waals surface area contributed by atoms with Crippen molar-refractivity contribution in [3.05, 3.63) is 35.9 Å². The van der Waals surface area contributed by atoms with Crippen molar-refractivity contribution in [2.75, 3.05) is 39.0 Å². The van der Waals surface area contributed by atoms with Crippen LogP contribution in [0.3, 0.4) is 0 Å². The summed E-state index contributed by atoms with van der Waals surface area (Å²) in [5.74, 6) is 0.787. The molecule has 0 unspecified atom stereocenters. The number of rotatable bonds is 7. The Hall–Kier alpha value is -1.44. The highest BCUT2D eigenvalue weighted by molar-refractivity contribution is 7.88. The van der Waals surface area contributed by atoms with E-state index in [-0.39, 0.29) is 5.91 Å². The van der Waals surface area contributed by atoms with Gasteiger partial charge in [-0.15, -0.1) is 0 Å². The molecule has 7 heteroatoms. The highest BCUT2D eigenvalue weighted by Crippen LogP contribution is 2.35.